The number of benzene rings is 2. The maximum Gasteiger partial charge on any atom is 0.271 e. The third kappa shape index (κ3) is 4.13. The van der Waals surface area contributed by atoms with Gasteiger partial charge >= 0.3 is 0 Å². The van der Waals surface area contributed by atoms with Crippen LogP contribution in [-0.2, 0) is 0 Å². The quantitative estimate of drug-likeness (QED) is 0.268. The zero-order valence-corrected chi connectivity index (χ0v) is 18.2. The van der Waals surface area contributed by atoms with Gasteiger partial charge in [0.1, 0.15) is 0 Å². The number of aromatic nitrogens is 3. The zero-order chi connectivity index (χ0) is 22.8. The number of nitrogens with one attached hydrogen (secondary N) is 2. The predicted octanol–water partition coefficient (Wildman–Crippen LogP) is 4.89. The second-order valence-corrected chi connectivity index (χ2v) is 8.47. The van der Waals surface area contributed by atoms with Crippen molar-refractivity contribution in [1.29, 1.82) is 0 Å². The molecular weight excluding hydrogens is 438 g/mol. The molecule has 5 aromatic rings. The minimum atomic E-state index is -0.455. The smallest absolute Gasteiger partial charge is 0.271 e. The molecule has 0 radical (unpaired) electrons. The van der Waals surface area contributed by atoms with Crippen LogP contribution in [-0.4, -0.2) is 32.1 Å². The second-order valence-electron chi connectivity index (χ2n) is 7.49. The number of carbonyl (C=O) groups excluding carboxylic acids is 1. The normalized spacial score (nSPS) is 12.0. The van der Waals surface area contributed by atoms with Crippen molar-refractivity contribution in [3.8, 4) is 5.69 Å². The number of carbonyl (C=O) groups is 1. The van der Waals surface area contributed by atoms with Crippen LogP contribution in [0.2, 0.25) is 0 Å². The van der Waals surface area contributed by atoms with E-state index in [1.54, 1.807) is 35.7 Å². The lowest BCUT2D eigenvalue weighted by Gasteiger charge is -2.16. The molecule has 2 N–H and O–H groups in total. The van der Waals surface area contributed by atoms with Gasteiger partial charge in [0.2, 0.25) is 0 Å². The van der Waals surface area contributed by atoms with Crippen molar-refractivity contribution < 1.29 is 9.72 Å². The molecule has 0 fully saturated rings. The maximum absolute atomic E-state index is 12.9. The number of non-ortho nitro benzene ring substituents is 1. The Bertz CT molecular complexity index is 1420. The number of H-pyrrole nitrogens is 1. The summed E-state index contributed by atoms with van der Waals surface area (Å²) in [6.07, 6.45) is 3.66. The highest BCUT2D eigenvalue weighted by Crippen LogP contribution is 2.32. The summed E-state index contributed by atoms with van der Waals surface area (Å²) in [6, 6.07) is 19.8. The highest BCUT2D eigenvalue weighted by Gasteiger charge is 2.21. The summed E-state index contributed by atoms with van der Waals surface area (Å²) in [5.41, 5.74) is 3.10. The first-order valence-electron chi connectivity index (χ1n) is 10.3. The monoisotopic (exact) mass is 457 g/mol. The fourth-order valence-electron chi connectivity index (χ4n) is 3.84. The van der Waals surface area contributed by atoms with E-state index in [9.17, 15) is 14.9 Å². The predicted molar refractivity (Wildman–Crippen MR) is 127 cm³/mol. The molecule has 5 rings (SSSR count). The third-order valence-corrected chi connectivity index (χ3v) is 6.48. The van der Waals surface area contributed by atoms with Crippen LogP contribution < -0.4 is 5.32 Å². The molecule has 1 atom stereocenters. The molecule has 1 unspecified atom stereocenters. The van der Waals surface area contributed by atoms with Gasteiger partial charge in [0.15, 0.2) is 5.69 Å². The first kappa shape index (κ1) is 20.7. The van der Waals surface area contributed by atoms with Gasteiger partial charge in [-0.15, -0.1) is 11.3 Å². The Morgan fingerprint density at radius 3 is 2.70 bits per heavy atom. The minimum absolute atomic E-state index is 0.000715. The molecule has 1 amide bonds. The summed E-state index contributed by atoms with van der Waals surface area (Å²) in [5.74, 6) is -0.279. The summed E-state index contributed by atoms with van der Waals surface area (Å²) in [5, 5.41) is 21.4. The lowest BCUT2D eigenvalue weighted by atomic mass is 9.96. The Balaban J connectivity index is 1.34. The van der Waals surface area contributed by atoms with Gasteiger partial charge in [0.25, 0.3) is 11.6 Å². The SMILES string of the molecule is O=C(NCC(c1cccs1)c1c[nH]c2ccccc12)c1ccn(-c2ccc([N+](=O)[O-])cc2)n1. The number of hydrogen-bond donors (Lipinski definition) is 2. The van der Waals surface area contributed by atoms with E-state index in [1.165, 1.54) is 16.8 Å². The number of aromatic amines is 1. The Hall–Kier alpha value is -4.24. The Morgan fingerprint density at radius 1 is 1.12 bits per heavy atom. The van der Waals surface area contributed by atoms with Gasteiger partial charge in [0.05, 0.1) is 10.6 Å². The van der Waals surface area contributed by atoms with Crippen molar-refractivity contribution in [1.82, 2.24) is 20.1 Å². The number of thiophene rings is 1. The summed E-state index contributed by atoms with van der Waals surface area (Å²) < 4.78 is 1.52. The molecule has 8 nitrogen and oxygen atoms in total. The van der Waals surface area contributed by atoms with Crippen LogP contribution in [0.15, 0.2) is 84.5 Å². The zero-order valence-electron chi connectivity index (χ0n) is 17.3. The van der Waals surface area contributed by atoms with Gasteiger partial charge < -0.3 is 10.3 Å². The van der Waals surface area contributed by atoms with Crippen molar-refractivity contribution in [3.05, 3.63) is 111 Å². The van der Waals surface area contributed by atoms with Gasteiger partial charge in [-0.1, -0.05) is 24.3 Å². The highest BCUT2D eigenvalue weighted by atomic mass is 32.1. The molecule has 0 bridgehead atoms. The van der Waals surface area contributed by atoms with E-state index in [0.717, 1.165) is 21.3 Å². The molecule has 0 aliphatic heterocycles. The van der Waals surface area contributed by atoms with Gasteiger partial charge in [-0.3, -0.25) is 14.9 Å². The fraction of sp³-hybridized carbons (Fsp3) is 0.0833. The number of hydrogen-bond acceptors (Lipinski definition) is 5. The summed E-state index contributed by atoms with van der Waals surface area (Å²) in [4.78, 5) is 27.7. The average Bonchev–Trinajstić information content (AvgIpc) is 3.60. The van der Waals surface area contributed by atoms with Crippen LogP contribution in [0.5, 0.6) is 0 Å². The molecule has 2 aromatic carbocycles. The number of rotatable bonds is 7. The molecule has 0 saturated carbocycles. The third-order valence-electron chi connectivity index (χ3n) is 5.50. The van der Waals surface area contributed by atoms with Crippen molar-refractivity contribution in [2.75, 3.05) is 6.54 Å². The molecule has 0 aliphatic carbocycles. The van der Waals surface area contributed by atoms with Gasteiger partial charge in [-0.25, -0.2) is 4.68 Å². The fourth-order valence-corrected chi connectivity index (χ4v) is 4.68. The first-order valence-corrected chi connectivity index (χ1v) is 11.2. The lowest BCUT2D eigenvalue weighted by molar-refractivity contribution is -0.384. The van der Waals surface area contributed by atoms with Gasteiger partial charge in [0, 0.05) is 52.8 Å². The summed E-state index contributed by atoms with van der Waals surface area (Å²) in [6.45, 7) is 0.422. The molecule has 0 spiro atoms. The van der Waals surface area contributed by atoms with Gasteiger partial charge in [-0.2, -0.15) is 5.10 Å². The molecular formula is C24H19N5O3S. The maximum atomic E-state index is 12.9. The van der Waals surface area contributed by atoms with Crippen molar-refractivity contribution in [2.45, 2.75) is 5.92 Å². The number of nitrogens with zero attached hydrogens (tertiary/aromatic N) is 3. The summed E-state index contributed by atoms with van der Waals surface area (Å²) >= 11 is 1.66. The molecule has 33 heavy (non-hydrogen) atoms. The largest absolute Gasteiger partial charge is 0.361 e. The minimum Gasteiger partial charge on any atom is -0.361 e. The summed E-state index contributed by atoms with van der Waals surface area (Å²) in [7, 11) is 0. The van der Waals surface area contributed by atoms with E-state index in [2.05, 4.69) is 27.5 Å². The van der Waals surface area contributed by atoms with Crippen molar-refractivity contribution in [2.24, 2.45) is 0 Å². The number of fused-ring (bicyclic) bond motifs is 1. The van der Waals surface area contributed by atoms with Crippen LogP contribution >= 0.6 is 11.3 Å². The van der Waals surface area contributed by atoms with E-state index in [0.29, 0.717) is 12.2 Å². The standard InChI is InChI=1S/C24H19N5O3S/c30-24(22-11-12-28(27-22)16-7-9-17(10-8-16)29(31)32)26-15-20(23-6-3-13-33-23)19-14-25-21-5-2-1-4-18(19)21/h1-14,20,25H,15H2,(H,26,30). The Labute approximate surface area is 192 Å². The molecule has 3 heterocycles. The van der Waals surface area contributed by atoms with Gasteiger partial charge in [-0.05, 0) is 41.3 Å². The molecule has 3 aromatic heterocycles. The van der Waals surface area contributed by atoms with E-state index in [-0.39, 0.29) is 23.2 Å². The lowest BCUT2D eigenvalue weighted by Crippen LogP contribution is -2.29. The van der Waals surface area contributed by atoms with E-state index < -0.39 is 4.92 Å². The van der Waals surface area contributed by atoms with Crippen molar-refractivity contribution >= 4 is 33.8 Å². The van der Waals surface area contributed by atoms with Crippen LogP contribution in [0.1, 0.15) is 26.8 Å². The van der Waals surface area contributed by atoms with E-state index in [1.807, 2.05) is 35.8 Å². The second kappa shape index (κ2) is 8.71. The molecule has 0 aliphatic rings. The molecule has 9 heteroatoms. The Morgan fingerprint density at radius 2 is 1.94 bits per heavy atom. The van der Waals surface area contributed by atoms with E-state index >= 15 is 0 Å². The Kier molecular flexibility index (Phi) is 5.45. The van der Waals surface area contributed by atoms with E-state index in [4.69, 9.17) is 0 Å². The van der Waals surface area contributed by atoms with Crippen LogP contribution in [0.25, 0.3) is 16.6 Å². The molecule has 164 valence electrons. The van der Waals surface area contributed by atoms with Crippen LogP contribution in [0.4, 0.5) is 5.69 Å². The number of amides is 1. The average molecular weight is 458 g/mol. The van der Waals surface area contributed by atoms with Crippen LogP contribution in [0, 0.1) is 10.1 Å². The van der Waals surface area contributed by atoms with Crippen LogP contribution in [0.3, 0.4) is 0 Å². The van der Waals surface area contributed by atoms with Crippen molar-refractivity contribution in [3.63, 3.8) is 0 Å². The topological polar surface area (TPSA) is 106 Å². The number of nitro groups is 1. The highest BCUT2D eigenvalue weighted by molar-refractivity contribution is 7.10. The first-order chi connectivity index (χ1) is 16.1. The number of nitro benzene ring substituents is 1. The number of para-hydroxylation sites is 1. The molecule has 0 saturated heterocycles.